The Bertz CT molecular complexity index is 709. The number of carbonyl (C=O) groups is 1. The van der Waals surface area contributed by atoms with Crippen LogP contribution in [0.1, 0.15) is 43.2 Å². The van der Waals surface area contributed by atoms with Crippen molar-refractivity contribution in [3.8, 4) is 11.4 Å². The van der Waals surface area contributed by atoms with E-state index in [0.29, 0.717) is 36.6 Å². The Morgan fingerprint density at radius 3 is 2.44 bits per heavy atom. The molecule has 0 aliphatic carbocycles. The van der Waals surface area contributed by atoms with Crippen LogP contribution in [0.25, 0.3) is 11.4 Å². The van der Waals surface area contributed by atoms with Gasteiger partial charge in [0, 0.05) is 31.5 Å². The minimum absolute atomic E-state index is 0.0240. The number of aliphatic hydroxyl groups excluding tert-OH is 1. The number of aromatic nitrogens is 2. The van der Waals surface area contributed by atoms with E-state index in [4.69, 9.17) is 5.11 Å². The third-order valence-electron chi connectivity index (χ3n) is 3.78. The average molecular weight is 341 g/mol. The van der Waals surface area contributed by atoms with Crippen LogP contribution in [0.3, 0.4) is 0 Å². The zero-order valence-corrected chi connectivity index (χ0v) is 15.5. The van der Waals surface area contributed by atoms with Crippen molar-refractivity contribution in [2.75, 3.05) is 19.7 Å². The van der Waals surface area contributed by atoms with Crippen molar-refractivity contribution in [2.45, 2.75) is 34.1 Å². The molecule has 1 N–H and O–H groups in total. The number of amides is 1. The molecule has 0 unspecified atom stereocenters. The van der Waals surface area contributed by atoms with Crippen LogP contribution >= 0.6 is 0 Å². The predicted molar refractivity (Wildman–Crippen MR) is 99.3 cm³/mol. The molecule has 5 nitrogen and oxygen atoms in total. The van der Waals surface area contributed by atoms with E-state index >= 15 is 0 Å². The Kier molecular flexibility index (Phi) is 6.26. The third-order valence-corrected chi connectivity index (χ3v) is 3.78. The zero-order chi connectivity index (χ0) is 18.4. The first-order valence-electron chi connectivity index (χ1n) is 8.61. The molecule has 0 spiro atoms. The minimum atomic E-state index is -0.0829. The van der Waals surface area contributed by atoms with Gasteiger partial charge in [0.25, 0.3) is 5.91 Å². The average Bonchev–Trinajstić information content (AvgIpc) is 2.57. The van der Waals surface area contributed by atoms with Crippen LogP contribution < -0.4 is 0 Å². The summed E-state index contributed by atoms with van der Waals surface area (Å²) in [5.74, 6) is 0.535. The molecule has 0 aliphatic rings. The molecule has 1 amide bonds. The van der Waals surface area contributed by atoms with Gasteiger partial charge in [-0.3, -0.25) is 4.79 Å². The molecule has 0 aliphatic heterocycles. The van der Waals surface area contributed by atoms with Gasteiger partial charge in [-0.1, -0.05) is 51.1 Å². The van der Waals surface area contributed by atoms with Gasteiger partial charge in [-0.25, -0.2) is 9.97 Å². The SMILES string of the molecule is Cc1nc(-c2ccccc2)ncc1C(=O)N(CCCO)CC(C)(C)C. The molecule has 0 saturated heterocycles. The standard InChI is InChI=1S/C20H27N3O2/c1-15-17(13-21-18(22-15)16-9-6-5-7-10-16)19(25)23(11-8-12-24)14-20(2,3)4/h5-7,9-10,13,24H,8,11-12,14H2,1-4H3. The summed E-state index contributed by atoms with van der Waals surface area (Å²) in [6.45, 7) is 9.31. The molecular formula is C20H27N3O2. The highest BCUT2D eigenvalue weighted by Crippen LogP contribution is 2.20. The van der Waals surface area contributed by atoms with Crippen molar-refractivity contribution >= 4 is 5.91 Å². The van der Waals surface area contributed by atoms with Crippen molar-refractivity contribution in [1.29, 1.82) is 0 Å². The largest absolute Gasteiger partial charge is 0.396 e. The van der Waals surface area contributed by atoms with Gasteiger partial charge in [-0.15, -0.1) is 0 Å². The van der Waals surface area contributed by atoms with Crippen molar-refractivity contribution < 1.29 is 9.90 Å². The summed E-state index contributed by atoms with van der Waals surface area (Å²) in [7, 11) is 0. The molecule has 1 aromatic carbocycles. The normalized spacial score (nSPS) is 11.4. The van der Waals surface area contributed by atoms with Crippen molar-refractivity contribution in [2.24, 2.45) is 5.41 Å². The molecule has 2 rings (SSSR count). The van der Waals surface area contributed by atoms with Gasteiger partial charge in [0.1, 0.15) is 0 Å². The number of carbonyl (C=O) groups excluding carboxylic acids is 1. The highest BCUT2D eigenvalue weighted by atomic mass is 16.3. The summed E-state index contributed by atoms with van der Waals surface area (Å²) in [5, 5.41) is 9.12. The Labute approximate surface area is 149 Å². The fourth-order valence-corrected chi connectivity index (χ4v) is 2.66. The molecule has 0 radical (unpaired) electrons. The molecule has 0 saturated carbocycles. The first-order valence-corrected chi connectivity index (χ1v) is 8.61. The molecule has 25 heavy (non-hydrogen) atoms. The molecule has 1 heterocycles. The predicted octanol–water partition coefficient (Wildman–Crippen LogP) is 3.32. The van der Waals surface area contributed by atoms with E-state index in [9.17, 15) is 4.79 Å². The summed E-state index contributed by atoms with van der Waals surface area (Å²) in [6.07, 6.45) is 2.17. The van der Waals surface area contributed by atoms with Gasteiger partial charge in [0.05, 0.1) is 11.3 Å². The Hall–Kier alpha value is -2.27. The van der Waals surface area contributed by atoms with Crippen molar-refractivity contribution in [1.82, 2.24) is 14.9 Å². The molecular weight excluding hydrogens is 314 g/mol. The van der Waals surface area contributed by atoms with E-state index < -0.39 is 0 Å². The highest BCUT2D eigenvalue weighted by molar-refractivity contribution is 5.95. The van der Waals surface area contributed by atoms with E-state index in [1.807, 2.05) is 37.3 Å². The van der Waals surface area contributed by atoms with E-state index in [1.165, 1.54) is 0 Å². The van der Waals surface area contributed by atoms with Gasteiger partial charge >= 0.3 is 0 Å². The van der Waals surface area contributed by atoms with Crippen LogP contribution in [0, 0.1) is 12.3 Å². The van der Waals surface area contributed by atoms with Crippen LogP contribution in [0.4, 0.5) is 0 Å². The smallest absolute Gasteiger partial charge is 0.257 e. The van der Waals surface area contributed by atoms with E-state index in [2.05, 4.69) is 30.7 Å². The molecule has 134 valence electrons. The zero-order valence-electron chi connectivity index (χ0n) is 15.5. The molecule has 2 aromatic rings. The monoisotopic (exact) mass is 341 g/mol. The maximum Gasteiger partial charge on any atom is 0.257 e. The second-order valence-corrected chi connectivity index (χ2v) is 7.42. The quantitative estimate of drug-likeness (QED) is 0.875. The van der Waals surface area contributed by atoms with Crippen molar-refractivity contribution in [3.05, 3.63) is 47.8 Å². The van der Waals surface area contributed by atoms with E-state index in [0.717, 1.165) is 5.56 Å². The van der Waals surface area contributed by atoms with Crippen LogP contribution in [0.2, 0.25) is 0 Å². The third kappa shape index (κ3) is 5.36. The lowest BCUT2D eigenvalue weighted by Gasteiger charge is -2.30. The summed E-state index contributed by atoms with van der Waals surface area (Å²) < 4.78 is 0. The molecule has 0 fully saturated rings. The second kappa shape index (κ2) is 8.21. The Morgan fingerprint density at radius 2 is 1.88 bits per heavy atom. The van der Waals surface area contributed by atoms with Crippen molar-refractivity contribution in [3.63, 3.8) is 0 Å². The van der Waals surface area contributed by atoms with Gasteiger partial charge in [0.2, 0.25) is 0 Å². The van der Waals surface area contributed by atoms with E-state index in [1.54, 1.807) is 11.1 Å². The summed E-state index contributed by atoms with van der Waals surface area (Å²) in [5.41, 5.74) is 2.09. The number of aliphatic hydroxyl groups is 1. The molecule has 0 atom stereocenters. The van der Waals surface area contributed by atoms with Crippen LogP contribution in [0.15, 0.2) is 36.5 Å². The van der Waals surface area contributed by atoms with Gasteiger partial charge in [0.15, 0.2) is 5.82 Å². The fourth-order valence-electron chi connectivity index (χ4n) is 2.66. The number of benzene rings is 1. The van der Waals surface area contributed by atoms with Gasteiger partial charge < -0.3 is 10.0 Å². The first-order chi connectivity index (χ1) is 11.8. The molecule has 0 bridgehead atoms. The summed E-state index contributed by atoms with van der Waals surface area (Å²) in [6, 6.07) is 9.72. The van der Waals surface area contributed by atoms with Crippen LogP contribution in [0.5, 0.6) is 0 Å². The maximum absolute atomic E-state index is 13.0. The lowest BCUT2D eigenvalue weighted by atomic mass is 9.95. The number of aryl methyl sites for hydroxylation is 1. The van der Waals surface area contributed by atoms with Crippen LogP contribution in [-0.4, -0.2) is 45.6 Å². The molecule has 1 aromatic heterocycles. The summed E-state index contributed by atoms with van der Waals surface area (Å²) >= 11 is 0. The van der Waals surface area contributed by atoms with Crippen LogP contribution in [-0.2, 0) is 0 Å². The molecule has 5 heteroatoms. The first kappa shape index (κ1) is 19.1. The number of hydrogen-bond donors (Lipinski definition) is 1. The fraction of sp³-hybridized carbons (Fsp3) is 0.450. The minimum Gasteiger partial charge on any atom is -0.396 e. The summed E-state index contributed by atoms with van der Waals surface area (Å²) in [4.78, 5) is 23.6. The lowest BCUT2D eigenvalue weighted by Crippen LogP contribution is -2.39. The Balaban J connectivity index is 2.27. The van der Waals surface area contributed by atoms with Gasteiger partial charge in [-0.2, -0.15) is 0 Å². The number of hydrogen-bond acceptors (Lipinski definition) is 4. The number of rotatable bonds is 6. The second-order valence-electron chi connectivity index (χ2n) is 7.42. The number of nitrogens with zero attached hydrogens (tertiary/aromatic N) is 3. The maximum atomic E-state index is 13.0. The topological polar surface area (TPSA) is 66.3 Å². The van der Waals surface area contributed by atoms with Gasteiger partial charge in [-0.05, 0) is 18.8 Å². The van der Waals surface area contributed by atoms with E-state index in [-0.39, 0.29) is 17.9 Å². The highest BCUT2D eigenvalue weighted by Gasteiger charge is 2.24. The Morgan fingerprint density at radius 1 is 1.20 bits per heavy atom. The lowest BCUT2D eigenvalue weighted by molar-refractivity contribution is 0.0681.